The molecule has 4 aromatic rings. The molecule has 3 heterocycles. The predicted molar refractivity (Wildman–Crippen MR) is 142 cm³/mol. The van der Waals surface area contributed by atoms with E-state index in [-0.39, 0.29) is 11.6 Å². The van der Waals surface area contributed by atoms with E-state index in [2.05, 4.69) is 43.6 Å². The summed E-state index contributed by atoms with van der Waals surface area (Å²) >= 11 is 0. The number of pyridine rings is 1. The SMILES string of the molecule is COc1ccccc1N1CC[NH+]([C@H](c2cc3ccc(C)cc3[nH]c2=O)c2nnnn2C2CCCC2)CC1. The van der Waals surface area contributed by atoms with Gasteiger partial charge in [0.25, 0.3) is 5.56 Å². The van der Waals surface area contributed by atoms with Crippen molar-refractivity contribution in [2.75, 3.05) is 38.2 Å². The van der Waals surface area contributed by atoms with Gasteiger partial charge >= 0.3 is 0 Å². The second-order valence-electron chi connectivity index (χ2n) is 10.3. The topological polar surface area (TPSA) is 93.4 Å². The number of methoxy groups -OCH3 is 1. The Kier molecular flexibility index (Phi) is 6.38. The Balaban J connectivity index is 1.38. The van der Waals surface area contributed by atoms with Crippen LogP contribution in [0.3, 0.4) is 0 Å². The lowest BCUT2D eigenvalue weighted by atomic mass is 10.0. The number of nitrogens with one attached hydrogen (secondary N) is 2. The van der Waals surface area contributed by atoms with E-state index >= 15 is 0 Å². The molecule has 1 atom stereocenters. The molecule has 2 fully saturated rings. The highest BCUT2D eigenvalue weighted by atomic mass is 16.5. The quantitative estimate of drug-likeness (QED) is 0.423. The van der Waals surface area contributed by atoms with Gasteiger partial charge in [0, 0.05) is 5.52 Å². The number of aryl methyl sites for hydroxylation is 1. The summed E-state index contributed by atoms with van der Waals surface area (Å²) in [6.07, 6.45) is 4.54. The maximum absolute atomic E-state index is 13.6. The van der Waals surface area contributed by atoms with E-state index in [1.807, 2.05) is 41.9 Å². The molecular formula is C28H34N7O2+. The first kappa shape index (κ1) is 23.7. The van der Waals surface area contributed by atoms with E-state index < -0.39 is 0 Å². The number of benzene rings is 2. The van der Waals surface area contributed by atoms with E-state index in [9.17, 15) is 4.79 Å². The van der Waals surface area contributed by atoms with E-state index in [1.54, 1.807) is 7.11 Å². The summed E-state index contributed by atoms with van der Waals surface area (Å²) in [6, 6.07) is 16.4. The highest BCUT2D eigenvalue weighted by Crippen LogP contribution is 2.32. The number of tetrazole rings is 1. The Bertz CT molecular complexity index is 1450. The van der Waals surface area contributed by atoms with Crippen LogP contribution in [0.2, 0.25) is 0 Å². The highest BCUT2D eigenvalue weighted by Gasteiger charge is 2.38. The third-order valence-corrected chi connectivity index (χ3v) is 8.03. The summed E-state index contributed by atoms with van der Waals surface area (Å²) < 4.78 is 7.62. The molecule has 1 aliphatic carbocycles. The van der Waals surface area contributed by atoms with Crippen LogP contribution >= 0.6 is 0 Å². The molecule has 0 amide bonds. The second kappa shape index (κ2) is 9.97. The van der Waals surface area contributed by atoms with E-state index in [4.69, 9.17) is 4.74 Å². The van der Waals surface area contributed by atoms with Gasteiger partial charge in [0.2, 0.25) is 5.82 Å². The third-order valence-electron chi connectivity index (χ3n) is 8.03. The Morgan fingerprint density at radius 1 is 1.08 bits per heavy atom. The lowest BCUT2D eigenvalue weighted by molar-refractivity contribution is -0.927. The van der Waals surface area contributed by atoms with Crippen molar-refractivity contribution in [1.82, 2.24) is 25.2 Å². The fraction of sp³-hybridized carbons (Fsp3) is 0.429. The number of ether oxygens (including phenoxy) is 1. The van der Waals surface area contributed by atoms with Gasteiger partial charge in [-0.15, -0.1) is 5.10 Å². The molecule has 0 radical (unpaired) electrons. The van der Waals surface area contributed by atoms with Gasteiger partial charge in [-0.3, -0.25) is 4.79 Å². The number of nitrogens with zero attached hydrogens (tertiary/aromatic N) is 5. The van der Waals surface area contributed by atoms with Gasteiger partial charge < -0.3 is 19.5 Å². The van der Waals surface area contributed by atoms with E-state index in [0.29, 0.717) is 6.04 Å². The van der Waals surface area contributed by atoms with Gasteiger partial charge in [0.15, 0.2) is 6.04 Å². The standard InChI is InChI=1S/C28H33N7O2/c1-19-11-12-20-18-22(28(36)29-23(20)17-19)26(27-30-31-32-35(27)21-7-3-4-8-21)34-15-13-33(14-16-34)24-9-5-6-10-25(24)37-2/h5-6,9-12,17-18,21,26H,3-4,7-8,13-16H2,1-2H3,(H,29,36)/p+1/t26-/m1/s1. The van der Waals surface area contributed by atoms with Crippen molar-refractivity contribution in [3.63, 3.8) is 0 Å². The average molecular weight is 501 g/mol. The largest absolute Gasteiger partial charge is 0.495 e. The number of aromatic amines is 1. The number of anilines is 1. The molecule has 2 aromatic carbocycles. The van der Waals surface area contributed by atoms with Gasteiger partial charge in [-0.05, 0) is 65.4 Å². The fourth-order valence-electron chi connectivity index (χ4n) is 6.10. The minimum Gasteiger partial charge on any atom is -0.495 e. The zero-order valence-corrected chi connectivity index (χ0v) is 21.5. The first-order valence-electron chi connectivity index (χ1n) is 13.3. The summed E-state index contributed by atoms with van der Waals surface area (Å²) in [5.41, 5.74) is 3.75. The molecule has 2 aliphatic rings. The number of hydrogen-bond donors (Lipinski definition) is 2. The number of hydrogen-bond acceptors (Lipinski definition) is 6. The Labute approximate surface area is 216 Å². The van der Waals surface area contributed by atoms with Crippen molar-refractivity contribution in [1.29, 1.82) is 0 Å². The van der Waals surface area contributed by atoms with Crippen LogP contribution in [0.15, 0.2) is 53.3 Å². The number of quaternary nitrogens is 1. The van der Waals surface area contributed by atoms with Crippen molar-refractivity contribution in [2.45, 2.75) is 44.7 Å². The first-order valence-corrected chi connectivity index (χ1v) is 13.3. The molecule has 0 unspecified atom stereocenters. The van der Waals surface area contributed by atoms with Crippen molar-refractivity contribution < 1.29 is 9.64 Å². The van der Waals surface area contributed by atoms with Crippen LogP contribution < -0.4 is 20.1 Å². The molecular weight excluding hydrogens is 466 g/mol. The maximum atomic E-state index is 13.6. The van der Waals surface area contributed by atoms with Crippen LogP contribution in [-0.4, -0.2) is 58.5 Å². The first-order chi connectivity index (χ1) is 18.1. The molecule has 1 saturated carbocycles. The van der Waals surface area contributed by atoms with Gasteiger partial charge in [0.05, 0.1) is 50.6 Å². The summed E-state index contributed by atoms with van der Waals surface area (Å²) in [7, 11) is 1.71. The number of para-hydroxylation sites is 2. The Morgan fingerprint density at radius 3 is 2.65 bits per heavy atom. The van der Waals surface area contributed by atoms with Gasteiger partial charge in [-0.25, -0.2) is 4.68 Å². The number of aromatic nitrogens is 5. The van der Waals surface area contributed by atoms with Crippen LogP contribution in [0.4, 0.5) is 5.69 Å². The minimum atomic E-state index is -0.245. The molecule has 0 bridgehead atoms. The average Bonchev–Trinajstić information content (AvgIpc) is 3.62. The van der Waals surface area contributed by atoms with Crippen LogP contribution in [0.1, 0.15) is 54.7 Å². The lowest BCUT2D eigenvalue weighted by Gasteiger charge is -2.37. The molecule has 9 heteroatoms. The predicted octanol–water partition coefficient (Wildman–Crippen LogP) is 2.44. The zero-order valence-electron chi connectivity index (χ0n) is 21.5. The molecule has 9 nitrogen and oxygen atoms in total. The molecule has 1 saturated heterocycles. The Morgan fingerprint density at radius 2 is 1.86 bits per heavy atom. The van der Waals surface area contributed by atoms with Gasteiger partial charge in [-0.2, -0.15) is 0 Å². The lowest BCUT2D eigenvalue weighted by Crippen LogP contribution is -3.15. The number of H-pyrrole nitrogens is 1. The molecule has 2 aromatic heterocycles. The number of piperazine rings is 1. The van der Waals surface area contributed by atoms with Crippen molar-refractivity contribution in [3.05, 3.63) is 75.8 Å². The normalized spacial score (nSPS) is 17.9. The zero-order chi connectivity index (χ0) is 25.4. The smallest absolute Gasteiger partial charge is 0.258 e. The fourth-order valence-corrected chi connectivity index (χ4v) is 6.10. The molecule has 0 spiro atoms. The van der Waals surface area contributed by atoms with Crippen LogP contribution in [0.5, 0.6) is 5.75 Å². The summed E-state index contributed by atoms with van der Waals surface area (Å²) in [5, 5.41) is 14.1. The molecule has 6 rings (SSSR count). The monoisotopic (exact) mass is 500 g/mol. The summed E-state index contributed by atoms with van der Waals surface area (Å²) in [6.45, 7) is 5.44. The van der Waals surface area contributed by atoms with E-state index in [1.165, 1.54) is 17.7 Å². The van der Waals surface area contributed by atoms with Crippen molar-refractivity contribution in [2.24, 2.45) is 0 Å². The highest BCUT2D eigenvalue weighted by molar-refractivity contribution is 5.79. The van der Waals surface area contributed by atoms with Crippen molar-refractivity contribution >= 4 is 16.6 Å². The maximum Gasteiger partial charge on any atom is 0.258 e. The second-order valence-corrected chi connectivity index (χ2v) is 10.3. The minimum absolute atomic E-state index is 0.0660. The summed E-state index contributed by atoms with van der Waals surface area (Å²) in [4.78, 5) is 20.4. The summed E-state index contributed by atoms with van der Waals surface area (Å²) in [5.74, 6) is 1.68. The molecule has 1 aliphatic heterocycles. The molecule has 192 valence electrons. The van der Waals surface area contributed by atoms with Gasteiger partial charge in [0.1, 0.15) is 5.75 Å². The molecule has 2 N–H and O–H groups in total. The van der Waals surface area contributed by atoms with Crippen LogP contribution in [0, 0.1) is 6.92 Å². The van der Waals surface area contributed by atoms with Gasteiger partial charge in [-0.1, -0.05) is 37.1 Å². The van der Waals surface area contributed by atoms with E-state index in [0.717, 1.165) is 78.3 Å². The number of rotatable bonds is 6. The third kappa shape index (κ3) is 4.48. The number of fused-ring (bicyclic) bond motifs is 1. The van der Waals surface area contributed by atoms with Crippen LogP contribution in [-0.2, 0) is 0 Å². The Hall–Kier alpha value is -3.72. The molecule has 37 heavy (non-hydrogen) atoms. The van der Waals surface area contributed by atoms with Crippen LogP contribution in [0.25, 0.3) is 10.9 Å². The van der Waals surface area contributed by atoms with Crippen molar-refractivity contribution in [3.8, 4) is 5.75 Å².